The third-order valence-electron chi connectivity index (χ3n) is 3.74. The fourth-order valence-corrected chi connectivity index (χ4v) is 2.61. The van der Waals surface area contributed by atoms with E-state index < -0.39 is 0 Å². The van der Waals surface area contributed by atoms with E-state index in [1.165, 1.54) is 16.7 Å². The van der Waals surface area contributed by atoms with Crippen LogP contribution in [0, 0.1) is 20.8 Å². The van der Waals surface area contributed by atoms with Gasteiger partial charge in [-0.1, -0.05) is 48.0 Å². The summed E-state index contributed by atoms with van der Waals surface area (Å²) in [6.07, 6.45) is 0.327. The van der Waals surface area contributed by atoms with Gasteiger partial charge in [0, 0.05) is 12.3 Å². The van der Waals surface area contributed by atoms with Gasteiger partial charge in [-0.25, -0.2) is 0 Å². The molecule has 0 radical (unpaired) electrons. The number of carbonyl (C=O) groups is 1. The van der Waals surface area contributed by atoms with Gasteiger partial charge in [-0.3, -0.25) is 4.79 Å². The first-order chi connectivity index (χ1) is 9.47. The van der Waals surface area contributed by atoms with Crippen molar-refractivity contribution in [2.45, 2.75) is 33.1 Å². The predicted octanol–water partition coefficient (Wildman–Crippen LogP) is 4.90. The molecule has 2 rings (SSSR count). The normalized spacial score (nSPS) is 12.2. The first-order valence-electron chi connectivity index (χ1n) is 6.79. The smallest absolute Gasteiger partial charge is 0.222 e. The SMILES string of the molecule is Cc1cccc(C(CC(=O)Cl)c2ccc(C)c(C)c2)c1. The minimum Gasteiger partial charge on any atom is -0.281 e. The summed E-state index contributed by atoms with van der Waals surface area (Å²) >= 11 is 5.64. The van der Waals surface area contributed by atoms with Crippen molar-refractivity contribution in [2.24, 2.45) is 0 Å². The lowest BCUT2D eigenvalue weighted by Gasteiger charge is -2.18. The summed E-state index contributed by atoms with van der Waals surface area (Å²) in [6, 6.07) is 14.6. The van der Waals surface area contributed by atoms with E-state index in [2.05, 4.69) is 57.2 Å². The van der Waals surface area contributed by atoms with Crippen LogP contribution >= 0.6 is 11.6 Å². The first-order valence-corrected chi connectivity index (χ1v) is 7.17. The lowest BCUT2D eigenvalue weighted by molar-refractivity contribution is -0.111. The van der Waals surface area contributed by atoms with Crippen LogP contribution in [0.3, 0.4) is 0 Å². The highest BCUT2D eigenvalue weighted by Gasteiger charge is 2.17. The Labute approximate surface area is 125 Å². The van der Waals surface area contributed by atoms with Crippen LogP contribution in [-0.2, 0) is 4.79 Å². The molecule has 0 spiro atoms. The Hall–Kier alpha value is -1.60. The zero-order valence-corrected chi connectivity index (χ0v) is 12.9. The maximum atomic E-state index is 11.4. The Morgan fingerprint density at radius 3 is 2.30 bits per heavy atom. The Kier molecular flexibility index (Phi) is 4.61. The van der Waals surface area contributed by atoms with Crippen molar-refractivity contribution >= 4 is 16.8 Å². The molecule has 0 aliphatic heterocycles. The Morgan fingerprint density at radius 1 is 1.00 bits per heavy atom. The van der Waals surface area contributed by atoms with Gasteiger partial charge in [-0.05, 0) is 54.6 Å². The zero-order chi connectivity index (χ0) is 14.7. The number of aryl methyl sites for hydroxylation is 3. The van der Waals surface area contributed by atoms with Crippen molar-refractivity contribution in [3.8, 4) is 0 Å². The molecule has 1 nitrogen and oxygen atoms in total. The number of hydrogen-bond acceptors (Lipinski definition) is 1. The highest BCUT2D eigenvalue weighted by molar-refractivity contribution is 6.63. The van der Waals surface area contributed by atoms with E-state index in [0.717, 1.165) is 11.1 Å². The van der Waals surface area contributed by atoms with Crippen LogP contribution < -0.4 is 0 Å². The predicted molar refractivity (Wildman–Crippen MR) is 84.4 cm³/mol. The van der Waals surface area contributed by atoms with Gasteiger partial charge in [0.05, 0.1) is 0 Å². The van der Waals surface area contributed by atoms with Gasteiger partial charge in [0.1, 0.15) is 0 Å². The molecule has 0 amide bonds. The monoisotopic (exact) mass is 286 g/mol. The number of halogens is 1. The highest BCUT2D eigenvalue weighted by Crippen LogP contribution is 2.30. The molecule has 2 aromatic rings. The third-order valence-corrected chi connectivity index (χ3v) is 3.90. The van der Waals surface area contributed by atoms with E-state index in [-0.39, 0.29) is 11.2 Å². The van der Waals surface area contributed by atoms with Crippen molar-refractivity contribution in [3.63, 3.8) is 0 Å². The number of hydrogen-bond donors (Lipinski definition) is 0. The van der Waals surface area contributed by atoms with Gasteiger partial charge >= 0.3 is 0 Å². The topological polar surface area (TPSA) is 17.1 Å². The molecule has 0 aliphatic rings. The maximum absolute atomic E-state index is 11.4. The lowest BCUT2D eigenvalue weighted by Crippen LogP contribution is -2.06. The fraction of sp³-hybridized carbons (Fsp3) is 0.278. The second kappa shape index (κ2) is 6.23. The van der Waals surface area contributed by atoms with Crippen LogP contribution in [0.5, 0.6) is 0 Å². The molecule has 2 aromatic carbocycles. The molecule has 0 bridgehead atoms. The third kappa shape index (κ3) is 3.49. The molecular formula is C18H19ClO. The summed E-state index contributed by atoms with van der Waals surface area (Å²) in [5.41, 5.74) is 5.98. The Bertz CT molecular complexity index is 631. The number of rotatable bonds is 4. The van der Waals surface area contributed by atoms with Crippen LogP contribution in [0.25, 0.3) is 0 Å². The molecule has 0 heterocycles. The van der Waals surface area contributed by atoms with Crippen LogP contribution in [0.4, 0.5) is 0 Å². The second-order valence-electron chi connectivity index (χ2n) is 5.37. The molecule has 20 heavy (non-hydrogen) atoms. The molecule has 2 heteroatoms. The van der Waals surface area contributed by atoms with Crippen molar-refractivity contribution in [2.75, 3.05) is 0 Å². The highest BCUT2D eigenvalue weighted by atomic mass is 35.5. The van der Waals surface area contributed by atoms with E-state index in [1.807, 2.05) is 6.07 Å². The molecule has 1 unspecified atom stereocenters. The summed E-state index contributed by atoms with van der Waals surface area (Å²) < 4.78 is 0. The summed E-state index contributed by atoms with van der Waals surface area (Å²) in [7, 11) is 0. The number of benzene rings is 2. The first kappa shape index (κ1) is 14.8. The van der Waals surface area contributed by atoms with Crippen LogP contribution in [0.15, 0.2) is 42.5 Å². The van der Waals surface area contributed by atoms with Crippen molar-refractivity contribution in [3.05, 3.63) is 70.3 Å². The van der Waals surface area contributed by atoms with Gasteiger partial charge in [-0.2, -0.15) is 0 Å². The molecule has 104 valence electrons. The molecule has 0 fully saturated rings. The number of carbonyl (C=O) groups excluding carboxylic acids is 1. The molecule has 0 N–H and O–H groups in total. The second-order valence-corrected chi connectivity index (χ2v) is 5.79. The van der Waals surface area contributed by atoms with Crippen LogP contribution in [0.1, 0.15) is 40.2 Å². The molecule has 0 aliphatic carbocycles. The molecular weight excluding hydrogens is 268 g/mol. The zero-order valence-electron chi connectivity index (χ0n) is 12.1. The van der Waals surface area contributed by atoms with Crippen molar-refractivity contribution in [1.82, 2.24) is 0 Å². The summed E-state index contributed by atoms with van der Waals surface area (Å²) in [5.74, 6) is 0.0270. The molecule has 1 atom stereocenters. The molecule has 0 saturated heterocycles. The summed E-state index contributed by atoms with van der Waals surface area (Å²) in [6.45, 7) is 6.24. The quantitative estimate of drug-likeness (QED) is 0.731. The fourth-order valence-electron chi connectivity index (χ4n) is 2.46. The van der Waals surface area contributed by atoms with Gasteiger partial charge in [0.25, 0.3) is 0 Å². The Morgan fingerprint density at radius 2 is 1.70 bits per heavy atom. The minimum atomic E-state index is -0.297. The molecule has 0 saturated carbocycles. The van der Waals surface area contributed by atoms with E-state index in [0.29, 0.717) is 6.42 Å². The Balaban J connectivity index is 2.46. The van der Waals surface area contributed by atoms with E-state index in [1.54, 1.807) is 0 Å². The van der Waals surface area contributed by atoms with Crippen LogP contribution in [0.2, 0.25) is 0 Å². The standard InChI is InChI=1S/C18H19ClO/c1-12-5-4-6-15(9-12)17(11-18(19)20)16-8-7-13(2)14(3)10-16/h4-10,17H,11H2,1-3H3. The van der Waals surface area contributed by atoms with E-state index >= 15 is 0 Å². The average Bonchev–Trinajstić information content (AvgIpc) is 2.39. The summed E-state index contributed by atoms with van der Waals surface area (Å²) in [5, 5.41) is -0.297. The van der Waals surface area contributed by atoms with Crippen molar-refractivity contribution < 1.29 is 4.79 Å². The lowest BCUT2D eigenvalue weighted by atomic mass is 9.87. The average molecular weight is 287 g/mol. The van der Waals surface area contributed by atoms with E-state index in [4.69, 9.17) is 11.6 Å². The van der Waals surface area contributed by atoms with E-state index in [9.17, 15) is 4.79 Å². The van der Waals surface area contributed by atoms with Gasteiger partial charge in [-0.15, -0.1) is 0 Å². The van der Waals surface area contributed by atoms with Crippen LogP contribution in [-0.4, -0.2) is 5.24 Å². The van der Waals surface area contributed by atoms with Crippen molar-refractivity contribution in [1.29, 1.82) is 0 Å². The van der Waals surface area contributed by atoms with Gasteiger partial charge < -0.3 is 0 Å². The van der Waals surface area contributed by atoms with Gasteiger partial charge in [0.15, 0.2) is 0 Å². The largest absolute Gasteiger partial charge is 0.281 e. The van der Waals surface area contributed by atoms with Gasteiger partial charge in [0.2, 0.25) is 5.24 Å². The molecule has 0 aromatic heterocycles. The minimum absolute atomic E-state index is 0.0270. The summed E-state index contributed by atoms with van der Waals surface area (Å²) in [4.78, 5) is 11.4. The maximum Gasteiger partial charge on any atom is 0.222 e.